The van der Waals surface area contributed by atoms with Crippen LogP contribution in [0.2, 0.25) is 5.02 Å². The lowest BCUT2D eigenvalue weighted by Gasteiger charge is -2.09. The van der Waals surface area contributed by atoms with Crippen LogP contribution in [0.5, 0.6) is 0 Å². The first-order chi connectivity index (χ1) is 8.06. The van der Waals surface area contributed by atoms with Crippen molar-refractivity contribution in [2.45, 2.75) is 13.8 Å². The van der Waals surface area contributed by atoms with Crippen LogP contribution in [-0.4, -0.2) is 4.98 Å². The van der Waals surface area contributed by atoms with Crippen molar-refractivity contribution in [1.29, 1.82) is 0 Å². The summed E-state index contributed by atoms with van der Waals surface area (Å²) in [6.07, 6.45) is 1.77. The van der Waals surface area contributed by atoms with E-state index in [-0.39, 0.29) is 0 Å². The zero-order valence-corrected chi connectivity index (χ0v) is 10.5. The van der Waals surface area contributed by atoms with Gasteiger partial charge in [0, 0.05) is 16.9 Å². The van der Waals surface area contributed by atoms with Crippen LogP contribution in [0.25, 0.3) is 0 Å². The molecule has 1 heterocycles. The molecule has 88 valence electrons. The van der Waals surface area contributed by atoms with Gasteiger partial charge in [0.25, 0.3) is 0 Å². The molecule has 17 heavy (non-hydrogen) atoms. The van der Waals surface area contributed by atoms with Crippen LogP contribution in [0.1, 0.15) is 11.1 Å². The van der Waals surface area contributed by atoms with Crippen molar-refractivity contribution in [3.8, 4) is 0 Å². The smallest absolute Gasteiger partial charge is 0.153 e. The number of aromatic nitrogens is 1. The van der Waals surface area contributed by atoms with Crippen LogP contribution < -0.4 is 11.1 Å². The highest BCUT2D eigenvalue weighted by molar-refractivity contribution is 6.31. The van der Waals surface area contributed by atoms with Gasteiger partial charge in [-0.2, -0.15) is 0 Å². The zero-order valence-electron chi connectivity index (χ0n) is 9.79. The topological polar surface area (TPSA) is 50.9 Å². The van der Waals surface area contributed by atoms with Crippen molar-refractivity contribution in [2.75, 3.05) is 11.1 Å². The quantitative estimate of drug-likeness (QED) is 0.851. The minimum atomic E-state index is 0.627. The number of hydrogen-bond donors (Lipinski definition) is 2. The average Bonchev–Trinajstić information content (AvgIpc) is 2.27. The normalized spacial score (nSPS) is 10.3. The molecule has 2 rings (SSSR count). The number of aryl methyl sites for hydroxylation is 2. The summed E-state index contributed by atoms with van der Waals surface area (Å²) in [5.74, 6) is 0.649. The summed E-state index contributed by atoms with van der Waals surface area (Å²) in [6, 6.07) is 7.64. The summed E-state index contributed by atoms with van der Waals surface area (Å²) in [4.78, 5) is 4.25. The molecule has 0 atom stereocenters. The number of anilines is 3. The molecule has 1 aromatic carbocycles. The second-order valence-electron chi connectivity index (χ2n) is 4.04. The summed E-state index contributed by atoms with van der Waals surface area (Å²) in [5, 5.41) is 3.87. The van der Waals surface area contributed by atoms with Crippen LogP contribution in [-0.2, 0) is 0 Å². The molecule has 0 amide bonds. The Morgan fingerprint density at radius 1 is 1.24 bits per heavy atom. The Bertz CT molecular complexity index is 552. The summed E-state index contributed by atoms with van der Waals surface area (Å²) in [5.41, 5.74) is 9.46. The molecule has 0 fully saturated rings. The highest BCUT2D eigenvalue weighted by Crippen LogP contribution is 2.25. The lowest BCUT2D eigenvalue weighted by molar-refractivity contribution is 1.26. The third-order valence-corrected chi connectivity index (χ3v) is 2.90. The van der Waals surface area contributed by atoms with Crippen molar-refractivity contribution in [3.63, 3.8) is 0 Å². The maximum Gasteiger partial charge on any atom is 0.153 e. The standard InChI is InChI=1S/C13H14ClN3/c1-8-5-12(15)13(16-7-8)17-10-4-3-9(2)11(14)6-10/h3-7H,15H2,1-2H3,(H,16,17). The number of nitrogens with two attached hydrogens (primary N) is 1. The first-order valence-electron chi connectivity index (χ1n) is 5.31. The maximum absolute atomic E-state index is 6.05. The van der Waals surface area contributed by atoms with Gasteiger partial charge in [-0.3, -0.25) is 0 Å². The molecule has 3 nitrogen and oxygen atoms in total. The Labute approximate surface area is 106 Å². The van der Waals surface area contributed by atoms with Crippen LogP contribution in [0.15, 0.2) is 30.5 Å². The summed E-state index contributed by atoms with van der Waals surface area (Å²) in [7, 11) is 0. The van der Waals surface area contributed by atoms with Gasteiger partial charge in [0.15, 0.2) is 5.82 Å². The minimum Gasteiger partial charge on any atom is -0.396 e. The predicted octanol–water partition coefficient (Wildman–Crippen LogP) is 3.68. The lowest BCUT2D eigenvalue weighted by Crippen LogP contribution is -1.99. The second-order valence-corrected chi connectivity index (χ2v) is 4.45. The SMILES string of the molecule is Cc1cnc(Nc2ccc(C)c(Cl)c2)c(N)c1. The van der Waals surface area contributed by atoms with Gasteiger partial charge in [-0.1, -0.05) is 17.7 Å². The van der Waals surface area contributed by atoms with Gasteiger partial charge in [-0.25, -0.2) is 4.98 Å². The zero-order chi connectivity index (χ0) is 12.4. The fraction of sp³-hybridized carbons (Fsp3) is 0.154. The minimum absolute atomic E-state index is 0.627. The van der Waals surface area contributed by atoms with Crippen LogP contribution in [0.4, 0.5) is 17.2 Å². The van der Waals surface area contributed by atoms with E-state index in [1.54, 1.807) is 6.20 Å². The van der Waals surface area contributed by atoms with Gasteiger partial charge in [0.05, 0.1) is 5.69 Å². The third kappa shape index (κ3) is 2.68. The molecule has 3 N–H and O–H groups in total. The predicted molar refractivity (Wildman–Crippen MR) is 72.9 cm³/mol. The Hall–Kier alpha value is -1.74. The largest absolute Gasteiger partial charge is 0.396 e. The van der Waals surface area contributed by atoms with Gasteiger partial charge in [0.1, 0.15) is 0 Å². The van der Waals surface area contributed by atoms with Crippen molar-refractivity contribution in [1.82, 2.24) is 4.98 Å². The van der Waals surface area contributed by atoms with Crippen molar-refractivity contribution in [2.24, 2.45) is 0 Å². The molecule has 0 aliphatic heterocycles. The molecule has 0 unspecified atom stereocenters. The van der Waals surface area contributed by atoms with E-state index in [0.29, 0.717) is 11.5 Å². The third-order valence-electron chi connectivity index (χ3n) is 2.49. The van der Waals surface area contributed by atoms with Crippen LogP contribution in [0, 0.1) is 13.8 Å². The van der Waals surface area contributed by atoms with E-state index >= 15 is 0 Å². The molecule has 0 spiro atoms. The number of nitrogens with one attached hydrogen (secondary N) is 1. The van der Waals surface area contributed by atoms with E-state index in [2.05, 4.69) is 10.3 Å². The number of nitrogen functional groups attached to an aromatic ring is 1. The van der Waals surface area contributed by atoms with Gasteiger partial charge in [0.2, 0.25) is 0 Å². The van der Waals surface area contributed by atoms with Crippen LogP contribution >= 0.6 is 11.6 Å². The van der Waals surface area contributed by atoms with E-state index in [0.717, 1.165) is 21.8 Å². The highest BCUT2D eigenvalue weighted by atomic mass is 35.5. The van der Waals surface area contributed by atoms with Gasteiger partial charge < -0.3 is 11.1 Å². The first kappa shape index (κ1) is 11.7. The number of pyridine rings is 1. The number of benzene rings is 1. The van der Waals surface area contributed by atoms with E-state index < -0.39 is 0 Å². The molecule has 0 saturated heterocycles. The second kappa shape index (κ2) is 4.63. The van der Waals surface area contributed by atoms with Gasteiger partial charge in [-0.05, 0) is 43.2 Å². The number of halogens is 1. The monoisotopic (exact) mass is 247 g/mol. The summed E-state index contributed by atoms with van der Waals surface area (Å²) in [6.45, 7) is 3.92. The Morgan fingerprint density at radius 3 is 2.65 bits per heavy atom. The number of rotatable bonds is 2. The van der Waals surface area contributed by atoms with Gasteiger partial charge in [-0.15, -0.1) is 0 Å². The Balaban J connectivity index is 2.28. The molecule has 4 heteroatoms. The average molecular weight is 248 g/mol. The van der Waals surface area contributed by atoms with Crippen molar-refractivity contribution >= 4 is 28.8 Å². The number of nitrogens with zero attached hydrogens (tertiary/aromatic N) is 1. The molecular weight excluding hydrogens is 234 g/mol. The summed E-state index contributed by atoms with van der Waals surface area (Å²) >= 11 is 6.05. The molecule has 0 radical (unpaired) electrons. The van der Waals surface area contributed by atoms with Crippen molar-refractivity contribution in [3.05, 3.63) is 46.6 Å². The molecule has 0 bridgehead atoms. The van der Waals surface area contributed by atoms with E-state index in [1.807, 2.05) is 38.1 Å². The number of hydrogen-bond acceptors (Lipinski definition) is 3. The van der Waals surface area contributed by atoms with Crippen molar-refractivity contribution < 1.29 is 0 Å². The summed E-state index contributed by atoms with van der Waals surface area (Å²) < 4.78 is 0. The molecule has 1 aromatic heterocycles. The Kier molecular flexibility index (Phi) is 3.20. The Morgan fingerprint density at radius 2 is 2.00 bits per heavy atom. The molecular formula is C13H14ClN3. The van der Waals surface area contributed by atoms with E-state index in [4.69, 9.17) is 17.3 Å². The maximum atomic E-state index is 6.05. The molecule has 0 aliphatic rings. The van der Waals surface area contributed by atoms with Crippen LogP contribution in [0.3, 0.4) is 0 Å². The molecule has 0 aliphatic carbocycles. The lowest BCUT2D eigenvalue weighted by atomic mass is 10.2. The highest BCUT2D eigenvalue weighted by Gasteiger charge is 2.03. The molecule has 2 aromatic rings. The molecule has 0 saturated carbocycles. The fourth-order valence-corrected chi connectivity index (χ4v) is 1.68. The van der Waals surface area contributed by atoms with E-state index in [1.165, 1.54) is 0 Å². The van der Waals surface area contributed by atoms with E-state index in [9.17, 15) is 0 Å². The first-order valence-corrected chi connectivity index (χ1v) is 5.69. The van der Waals surface area contributed by atoms with Gasteiger partial charge >= 0.3 is 0 Å². The fourth-order valence-electron chi connectivity index (χ4n) is 1.50.